The van der Waals surface area contributed by atoms with E-state index in [-0.39, 0.29) is 5.82 Å². The van der Waals surface area contributed by atoms with Gasteiger partial charge in [-0.25, -0.2) is 4.39 Å². The van der Waals surface area contributed by atoms with Crippen molar-refractivity contribution in [3.63, 3.8) is 0 Å². The lowest BCUT2D eigenvalue weighted by molar-refractivity contribution is 0.584. The Hall–Kier alpha value is -2.14. The number of nitrogens with two attached hydrogens (primary N) is 1. The fraction of sp³-hybridized carbons (Fsp3) is 0.0625. The molecule has 0 saturated carbocycles. The second kappa shape index (κ2) is 5.69. The number of anilines is 1. The minimum atomic E-state index is -0.245. The highest BCUT2D eigenvalue weighted by molar-refractivity contribution is 9.10. The van der Waals surface area contributed by atoms with Gasteiger partial charge in [0.15, 0.2) is 0 Å². The first-order valence-electron chi connectivity index (χ1n) is 6.44. The van der Waals surface area contributed by atoms with Gasteiger partial charge in [-0.1, -0.05) is 34.1 Å². The smallest absolute Gasteiger partial charge is 0.129 e. The Morgan fingerprint density at radius 3 is 2.76 bits per heavy atom. The first-order chi connectivity index (χ1) is 10.1. The normalized spacial score (nSPS) is 10.8. The number of nitrogens with zero attached hydrogens (tertiary/aromatic N) is 2. The van der Waals surface area contributed by atoms with Gasteiger partial charge in [-0.3, -0.25) is 4.68 Å². The molecule has 21 heavy (non-hydrogen) atoms. The average Bonchev–Trinajstić information content (AvgIpc) is 2.91. The third kappa shape index (κ3) is 3.13. The van der Waals surface area contributed by atoms with Gasteiger partial charge in [0.2, 0.25) is 0 Å². The molecule has 0 spiro atoms. The van der Waals surface area contributed by atoms with Crippen LogP contribution >= 0.6 is 15.9 Å². The quantitative estimate of drug-likeness (QED) is 0.726. The van der Waals surface area contributed by atoms with Gasteiger partial charge in [-0.2, -0.15) is 5.10 Å². The highest BCUT2D eigenvalue weighted by atomic mass is 79.9. The fourth-order valence-electron chi connectivity index (χ4n) is 2.14. The Morgan fingerprint density at radius 2 is 2.00 bits per heavy atom. The van der Waals surface area contributed by atoms with Crippen LogP contribution in [-0.4, -0.2) is 9.78 Å². The third-order valence-electron chi connectivity index (χ3n) is 3.20. The van der Waals surface area contributed by atoms with Crippen LogP contribution in [0.1, 0.15) is 5.56 Å². The van der Waals surface area contributed by atoms with Crippen molar-refractivity contribution < 1.29 is 4.39 Å². The molecule has 0 fully saturated rings. The lowest BCUT2D eigenvalue weighted by Gasteiger charge is -2.04. The van der Waals surface area contributed by atoms with Gasteiger partial charge in [-0.05, 0) is 29.8 Å². The molecule has 0 aliphatic rings. The topological polar surface area (TPSA) is 43.8 Å². The second-order valence-corrected chi connectivity index (χ2v) is 5.70. The van der Waals surface area contributed by atoms with Crippen molar-refractivity contribution in [3.05, 3.63) is 70.7 Å². The highest BCUT2D eigenvalue weighted by Crippen LogP contribution is 2.22. The van der Waals surface area contributed by atoms with Gasteiger partial charge in [0.05, 0.1) is 12.7 Å². The maximum absolute atomic E-state index is 13.8. The zero-order valence-corrected chi connectivity index (χ0v) is 12.7. The van der Waals surface area contributed by atoms with Crippen molar-refractivity contribution in [2.75, 3.05) is 5.73 Å². The number of rotatable bonds is 3. The molecule has 1 heterocycles. The Morgan fingerprint density at radius 1 is 1.14 bits per heavy atom. The predicted molar refractivity (Wildman–Crippen MR) is 85.3 cm³/mol. The van der Waals surface area contributed by atoms with Crippen molar-refractivity contribution in [1.29, 1.82) is 0 Å². The molecule has 0 atom stereocenters. The Labute approximate surface area is 130 Å². The van der Waals surface area contributed by atoms with Crippen molar-refractivity contribution in [3.8, 4) is 11.1 Å². The summed E-state index contributed by atoms with van der Waals surface area (Å²) in [4.78, 5) is 0. The summed E-state index contributed by atoms with van der Waals surface area (Å²) in [6, 6.07) is 12.6. The van der Waals surface area contributed by atoms with Crippen LogP contribution in [0, 0.1) is 5.82 Å². The SMILES string of the molecule is Nc1cccc(-c2cnn(Cc3ccc(Br)cc3F)c2)c1. The predicted octanol–water partition coefficient (Wildman–Crippen LogP) is 4.08. The summed E-state index contributed by atoms with van der Waals surface area (Å²) >= 11 is 3.25. The van der Waals surface area contributed by atoms with Crippen LogP contribution in [0.2, 0.25) is 0 Å². The first-order valence-corrected chi connectivity index (χ1v) is 7.23. The van der Waals surface area contributed by atoms with Crippen LogP contribution < -0.4 is 5.73 Å². The van der Waals surface area contributed by atoms with E-state index >= 15 is 0 Å². The van der Waals surface area contributed by atoms with E-state index < -0.39 is 0 Å². The zero-order chi connectivity index (χ0) is 14.8. The highest BCUT2D eigenvalue weighted by Gasteiger charge is 2.06. The number of benzene rings is 2. The van der Waals surface area contributed by atoms with Crippen molar-refractivity contribution in [1.82, 2.24) is 9.78 Å². The Balaban J connectivity index is 1.85. The fourth-order valence-corrected chi connectivity index (χ4v) is 2.47. The molecule has 3 nitrogen and oxygen atoms in total. The van der Waals surface area contributed by atoms with Gasteiger partial charge in [-0.15, -0.1) is 0 Å². The molecule has 0 unspecified atom stereocenters. The van der Waals surface area contributed by atoms with Gasteiger partial charge in [0.1, 0.15) is 5.82 Å². The molecule has 2 aromatic carbocycles. The maximum Gasteiger partial charge on any atom is 0.129 e. The molecule has 0 bridgehead atoms. The van der Waals surface area contributed by atoms with E-state index in [0.29, 0.717) is 17.8 Å². The Kier molecular flexibility index (Phi) is 3.75. The lowest BCUT2D eigenvalue weighted by Crippen LogP contribution is -2.02. The molecule has 0 aliphatic heterocycles. The van der Waals surface area contributed by atoms with Crippen LogP contribution in [-0.2, 0) is 6.54 Å². The zero-order valence-electron chi connectivity index (χ0n) is 11.1. The van der Waals surface area contributed by atoms with E-state index in [2.05, 4.69) is 21.0 Å². The molecule has 3 rings (SSSR count). The van der Waals surface area contributed by atoms with Gasteiger partial charge >= 0.3 is 0 Å². The minimum absolute atomic E-state index is 0.245. The first kappa shape index (κ1) is 13.8. The van der Waals surface area contributed by atoms with E-state index in [4.69, 9.17) is 5.73 Å². The summed E-state index contributed by atoms with van der Waals surface area (Å²) < 4.78 is 16.3. The number of nitrogen functional groups attached to an aromatic ring is 1. The van der Waals surface area contributed by atoms with Gasteiger partial charge in [0.25, 0.3) is 0 Å². The van der Waals surface area contributed by atoms with E-state index in [1.165, 1.54) is 6.07 Å². The number of halogens is 2. The summed E-state index contributed by atoms with van der Waals surface area (Å²) in [6.07, 6.45) is 3.64. The standard InChI is InChI=1S/C16H13BrFN3/c17-14-5-4-12(16(18)7-14)9-21-10-13(8-20-21)11-2-1-3-15(19)6-11/h1-8,10H,9,19H2. The molecule has 106 valence electrons. The van der Waals surface area contributed by atoms with Gasteiger partial charge < -0.3 is 5.73 Å². The summed E-state index contributed by atoms with van der Waals surface area (Å²) in [5, 5.41) is 4.28. The lowest BCUT2D eigenvalue weighted by atomic mass is 10.1. The molecule has 1 aromatic heterocycles. The molecule has 3 aromatic rings. The van der Waals surface area contributed by atoms with E-state index in [1.54, 1.807) is 16.9 Å². The monoisotopic (exact) mass is 345 g/mol. The van der Waals surface area contributed by atoms with E-state index in [9.17, 15) is 4.39 Å². The van der Waals surface area contributed by atoms with Crippen LogP contribution in [0.5, 0.6) is 0 Å². The molecule has 2 N–H and O–H groups in total. The largest absolute Gasteiger partial charge is 0.399 e. The molecule has 0 saturated heterocycles. The average molecular weight is 346 g/mol. The number of hydrogen-bond acceptors (Lipinski definition) is 2. The van der Waals surface area contributed by atoms with Crippen LogP contribution in [0.25, 0.3) is 11.1 Å². The van der Waals surface area contributed by atoms with Crippen LogP contribution in [0.4, 0.5) is 10.1 Å². The van der Waals surface area contributed by atoms with E-state index in [1.807, 2.05) is 36.5 Å². The molecule has 0 radical (unpaired) electrons. The molecule has 0 amide bonds. The van der Waals surface area contributed by atoms with Gasteiger partial charge in [0, 0.05) is 27.5 Å². The molecular weight excluding hydrogens is 333 g/mol. The molecular formula is C16H13BrFN3. The maximum atomic E-state index is 13.8. The van der Waals surface area contributed by atoms with Crippen molar-refractivity contribution >= 4 is 21.6 Å². The van der Waals surface area contributed by atoms with Crippen molar-refractivity contribution in [2.24, 2.45) is 0 Å². The number of aromatic nitrogens is 2. The minimum Gasteiger partial charge on any atom is -0.399 e. The Bertz CT molecular complexity index is 783. The summed E-state index contributed by atoms with van der Waals surface area (Å²) in [5.74, 6) is -0.245. The number of hydrogen-bond donors (Lipinski definition) is 1. The summed E-state index contributed by atoms with van der Waals surface area (Å²) in [5.41, 5.74) is 9.04. The van der Waals surface area contributed by atoms with E-state index in [0.717, 1.165) is 15.6 Å². The molecule has 5 heteroatoms. The van der Waals surface area contributed by atoms with Crippen molar-refractivity contribution in [2.45, 2.75) is 6.54 Å². The molecule has 0 aliphatic carbocycles. The third-order valence-corrected chi connectivity index (χ3v) is 3.69. The van der Waals surface area contributed by atoms with Crippen LogP contribution in [0.3, 0.4) is 0 Å². The summed E-state index contributed by atoms with van der Waals surface area (Å²) in [6.45, 7) is 0.390. The van der Waals surface area contributed by atoms with Crippen LogP contribution in [0.15, 0.2) is 59.3 Å². The summed E-state index contributed by atoms with van der Waals surface area (Å²) in [7, 11) is 0. The second-order valence-electron chi connectivity index (χ2n) is 4.79.